The number of para-hydroxylation sites is 1. The van der Waals surface area contributed by atoms with Crippen molar-refractivity contribution in [3.05, 3.63) is 72.1 Å². The molecule has 0 bridgehead atoms. The number of hydrogen-bond donors (Lipinski definition) is 1. The van der Waals surface area contributed by atoms with Crippen molar-refractivity contribution in [2.24, 2.45) is 0 Å². The van der Waals surface area contributed by atoms with E-state index in [0.29, 0.717) is 12.4 Å². The predicted octanol–water partition coefficient (Wildman–Crippen LogP) is 3.47. The molecule has 106 valence electrons. The molecule has 0 spiro atoms. The summed E-state index contributed by atoms with van der Waals surface area (Å²) in [5, 5.41) is 14.1. The van der Waals surface area contributed by atoms with Crippen molar-refractivity contribution < 1.29 is 9.84 Å². The average molecular weight is 280 g/mol. The lowest BCUT2D eigenvalue weighted by Gasteiger charge is -2.08. The van der Waals surface area contributed by atoms with Crippen molar-refractivity contribution in [1.29, 1.82) is 0 Å². The van der Waals surface area contributed by atoms with E-state index in [1.54, 1.807) is 12.1 Å². The van der Waals surface area contributed by atoms with Crippen LogP contribution in [0.2, 0.25) is 0 Å². The maximum absolute atomic E-state index is 9.65. The Morgan fingerprint density at radius 2 is 1.86 bits per heavy atom. The van der Waals surface area contributed by atoms with E-state index in [2.05, 4.69) is 5.10 Å². The summed E-state index contributed by atoms with van der Waals surface area (Å²) in [5.74, 6) is 0.909. The SMILES string of the molecule is Cc1c(O)cccc1OCc1ccn(-c2ccccc2)n1. The summed E-state index contributed by atoms with van der Waals surface area (Å²) in [6, 6.07) is 17.1. The number of phenols is 1. The van der Waals surface area contributed by atoms with E-state index in [0.717, 1.165) is 16.9 Å². The lowest BCUT2D eigenvalue weighted by atomic mass is 10.2. The third kappa shape index (κ3) is 2.89. The molecule has 0 unspecified atom stereocenters. The van der Waals surface area contributed by atoms with Crippen LogP contribution in [0.3, 0.4) is 0 Å². The Labute approximate surface area is 123 Å². The minimum atomic E-state index is 0.238. The van der Waals surface area contributed by atoms with Crippen molar-refractivity contribution in [1.82, 2.24) is 9.78 Å². The standard InChI is InChI=1S/C17H16N2O2/c1-13-16(20)8-5-9-17(13)21-12-14-10-11-19(18-14)15-6-3-2-4-7-15/h2-11,20H,12H2,1H3. The lowest BCUT2D eigenvalue weighted by Crippen LogP contribution is -2.00. The van der Waals surface area contributed by atoms with Crippen LogP contribution in [0.1, 0.15) is 11.3 Å². The van der Waals surface area contributed by atoms with Crippen LogP contribution in [-0.2, 0) is 6.61 Å². The molecule has 3 rings (SSSR count). The van der Waals surface area contributed by atoms with Crippen LogP contribution in [0.4, 0.5) is 0 Å². The second kappa shape index (κ2) is 5.71. The number of benzene rings is 2. The van der Waals surface area contributed by atoms with Crippen LogP contribution >= 0.6 is 0 Å². The molecule has 1 N–H and O–H groups in total. The number of aromatic nitrogens is 2. The molecule has 0 saturated heterocycles. The van der Waals surface area contributed by atoms with Gasteiger partial charge >= 0.3 is 0 Å². The van der Waals surface area contributed by atoms with Gasteiger partial charge < -0.3 is 9.84 Å². The summed E-state index contributed by atoms with van der Waals surface area (Å²) in [6.45, 7) is 2.19. The molecule has 2 aromatic carbocycles. The van der Waals surface area contributed by atoms with Gasteiger partial charge in [-0.05, 0) is 37.3 Å². The van der Waals surface area contributed by atoms with E-state index in [9.17, 15) is 5.11 Å². The lowest BCUT2D eigenvalue weighted by molar-refractivity contribution is 0.296. The van der Waals surface area contributed by atoms with Crippen molar-refractivity contribution in [3.63, 3.8) is 0 Å². The monoisotopic (exact) mass is 280 g/mol. The maximum atomic E-state index is 9.65. The van der Waals surface area contributed by atoms with Gasteiger partial charge in [-0.1, -0.05) is 24.3 Å². The molecule has 0 aliphatic heterocycles. The summed E-state index contributed by atoms with van der Waals surface area (Å²) in [6.07, 6.45) is 1.91. The highest BCUT2D eigenvalue weighted by atomic mass is 16.5. The Hall–Kier alpha value is -2.75. The van der Waals surface area contributed by atoms with Gasteiger partial charge in [0.25, 0.3) is 0 Å². The van der Waals surface area contributed by atoms with E-state index >= 15 is 0 Å². The van der Waals surface area contributed by atoms with Gasteiger partial charge in [0.2, 0.25) is 0 Å². The second-order valence-electron chi connectivity index (χ2n) is 4.78. The van der Waals surface area contributed by atoms with Crippen LogP contribution in [0.5, 0.6) is 11.5 Å². The predicted molar refractivity (Wildman–Crippen MR) is 80.7 cm³/mol. The average Bonchev–Trinajstić information content (AvgIpc) is 2.99. The van der Waals surface area contributed by atoms with Gasteiger partial charge in [-0.2, -0.15) is 5.10 Å². The Morgan fingerprint density at radius 1 is 1.05 bits per heavy atom. The fraction of sp³-hybridized carbons (Fsp3) is 0.118. The fourth-order valence-electron chi connectivity index (χ4n) is 2.07. The van der Waals surface area contributed by atoms with E-state index in [-0.39, 0.29) is 5.75 Å². The molecule has 0 radical (unpaired) electrons. The Morgan fingerprint density at radius 3 is 2.67 bits per heavy atom. The molecule has 0 saturated carbocycles. The van der Waals surface area contributed by atoms with Crippen LogP contribution in [0.25, 0.3) is 5.69 Å². The van der Waals surface area contributed by atoms with Gasteiger partial charge in [0, 0.05) is 11.8 Å². The van der Waals surface area contributed by atoms with Crippen molar-refractivity contribution >= 4 is 0 Å². The zero-order chi connectivity index (χ0) is 14.7. The largest absolute Gasteiger partial charge is 0.508 e. The first-order valence-electron chi connectivity index (χ1n) is 6.75. The molecule has 0 aliphatic rings. The molecule has 0 fully saturated rings. The van der Waals surface area contributed by atoms with Gasteiger partial charge in [-0.25, -0.2) is 4.68 Å². The van der Waals surface area contributed by atoms with Crippen LogP contribution in [0.15, 0.2) is 60.8 Å². The number of nitrogens with zero attached hydrogens (tertiary/aromatic N) is 2. The first kappa shape index (κ1) is 13.2. The third-order valence-corrected chi connectivity index (χ3v) is 3.30. The summed E-state index contributed by atoms with van der Waals surface area (Å²) in [5.41, 5.74) is 2.58. The number of phenolic OH excluding ortho intramolecular Hbond substituents is 1. The molecule has 0 aliphatic carbocycles. The number of aromatic hydroxyl groups is 1. The van der Waals surface area contributed by atoms with Gasteiger partial charge in [0.1, 0.15) is 23.8 Å². The Kier molecular flexibility index (Phi) is 3.60. The zero-order valence-corrected chi connectivity index (χ0v) is 11.7. The van der Waals surface area contributed by atoms with E-state index in [1.807, 2.05) is 60.3 Å². The Bertz CT molecular complexity index is 736. The number of ether oxygens (including phenoxy) is 1. The maximum Gasteiger partial charge on any atom is 0.132 e. The van der Waals surface area contributed by atoms with Crippen LogP contribution in [-0.4, -0.2) is 14.9 Å². The van der Waals surface area contributed by atoms with Crippen molar-refractivity contribution in [2.75, 3.05) is 0 Å². The molecule has 0 atom stereocenters. The smallest absolute Gasteiger partial charge is 0.132 e. The van der Waals surface area contributed by atoms with E-state index in [1.165, 1.54) is 0 Å². The number of rotatable bonds is 4. The summed E-state index contributed by atoms with van der Waals surface area (Å²) >= 11 is 0. The van der Waals surface area contributed by atoms with Gasteiger partial charge in [0.05, 0.1) is 5.69 Å². The van der Waals surface area contributed by atoms with Crippen LogP contribution < -0.4 is 4.74 Å². The molecule has 0 amide bonds. The molecule has 21 heavy (non-hydrogen) atoms. The Balaban J connectivity index is 1.72. The highest BCUT2D eigenvalue weighted by Gasteiger charge is 2.06. The molecule has 1 aromatic heterocycles. The molecular formula is C17H16N2O2. The first-order chi connectivity index (χ1) is 10.2. The fourth-order valence-corrected chi connectivity index (χ4v) is 2.07. The van der Waals surface area contributed by atoms with E-state index < -0.39 is 0 Å². The zero-order valence-electron chi connectivity index (χ0n) is 11.7. The highest BCUT2D eigenvalue weighted by Crippen LogP contribution is 2.26. The molecule has 4 heteroatoms. The third-order valence-electron chi connectivity index (χ3n) is 3.30. The van der Waals surface area contributed by atoms with Gasteiger partial charge in [-0.3, -0.25) is 0 Å². The van der Waals surface area contributed by atoms with Crippen molar-refractivity contribution in [2.45, 2.75) is 13.5 Å². The normalized spacial score (nSPS) is 10.5. The molecule has 4 nitrogen and oxygen atoms in total. The minimum absolute atomic E-state index is 0.238. The van der Waals surface area contributed by atoms with Gasteiger partial charge in [0.15, 0.2) is 0 Å². The van der Waals surface area contributed by atoms with Crippen molar-refractivity contribution in [3.8, 4) is 17.2 Å². The molecular weight excluding hydrogens is 264 g/mol. The summed E-state index contributed by atoms with van der Waals surface area (Å²) < 4.78 is 7.53. The number of hydrogen-bond acceptors (Lipinski definition) is 3. The first-order valence-corrected chi connectivity index (χ1v) is 6.75. The topological polar surface area (TPSA) is 47.3 Å². The summed E-state index contributed by atoms with van der Waals surface area (Å²) in [7, 11) is 0. The van der Waals surface area contributed by atoms with E-state index in [4.69, 9.17) is 4.74 Å². The summed E-state index contributed by atoms with van der Waals surface area (Å²) in [4.78, 5) is 0. The highest BCUT2D eigenvalue weighted by molar-refractivity contribution is 5.42. The quantitative estimate of drug-likeness (QED) is 0.796. The van der Waals surface area contributed by atoms with Gasteiger partial charge in [-0.15, -0.1) is 0 Å². The van der Waals surface area contributed by atoms with Crippen LogP contribution in [0, 0.1) is 6.92 Å². The minimum Gasteiger partial charge on any atom is -0.508 e. The molecule has 3 aromatic rings. The molecule has 1 heterocycles. The second-order valence-corrected chi connectivity index (χ2v) is 4.78.